The maximum absolute atomic E-state index is 12.7. The molecule has 1 aliphatic heterocycles. The molecule has 0 bridgehead atoms. The fourth-order valence-electron chi connectivity index (χ4n) is 2.60. The Kier molecular flexibility index (Phi) is 4.08. The summed E-state index contributed by atoms with van der Waals surface area (Å²) in [6, 6.07) is 6.04. The normalized spacial score (nSPS) is 14.7. The van der Waals surface area contributed by atoms with E-state index < -0.39 is 0 Å². The van der Waals surface area contributed by atoms with Crippen LogP contribution in [0.15, 0.2) is 18.2 Å². The molecule has 0 saturated carbocycles. The van der Waals surface area contributed by atoms with Crippen molar-refractivity contribution in [2.75, 3.05) is 4.72 Å². The largest absolute Gasteiger partial charge is 0.493 e. The molecule has 0 fully saturated rings. The Morgan fingerprint density at radius 1 is 1.43 bits per heavy atom. The summed E-state index contributed by atoms with van der Waals surface area (Å²) in [5, 5.41) is 14.1. The molecule has 1 aromatic carbocycles. The zero-order valence-electron chi connectivity index (χ0n) is 13.6. The molecule has 122 valence electrons. The Bertz CT molecular complexity index is 770. The SMILES string of the molecule is Cc1nn(C)c(O)c1C(=O)c1ccc2c(c1)NSN(C(C)C)C2. The van der Waals surface area contributed by atoms with Crippen molar-refractivity contribution >= 4 is 23.6 Å². The second-order valence-electron chi connectivity index (χ2n) is 5.97. The Morgan fingerprint density at radius 2 is 2.17 bits per heavy atom. The predicted molar refractivity (Wildman–Crippen MR) is 91.4 cm³/mol. The molecule has 2 aromatic rings. The van der Waals surface area contributed by atoms with E-state index in [9.17, 15) is 9.90 Å². The van der Waals surface area contributed by atoms with Crippen LogP contribution in [0.5, 0.6) is 5.88 Å². The molecule has 6 nitrogen and oxygen atoms in total. The molecule has 7 heteroatoms. The number of rotatable bonds is 3. The maximum Gasteiger partial charge on any atom is 0.220 e. The van der Waals surface area contributed by atoms with Crippen molar-refractivity contribution in [1.29, 1.82) is 0 Å². The van der Waals surface area contributed by atoms with Crippen LogP contribution in [0.4, 0.5) is 5.69 Å². The molecule has 23 heavy (non-hydrogen) atoms. The molecule has 0 radical (unpaired) electrons. The van der Waals surface area contributed by atoms with E-state index in [0.29, 0.717) is 17.3 Å². The first kappa shape index (κ1) is 15.9. The van der Waals surface area contributed by atoms with Gasteiger partial charge >= 0.3 is 0 Å². The van der Waals surface area contributed by atoms with E-state index in [4.69, 9.17) is 0 Å². The highest BCUT2D eigenvalue weighted by Crippen LogP contribution is 2.33. The first-order valence-corrected chi connectivity index (χ1v) is 8.25. The lowest BCUT2D eigenvalue weighted by Crippen LogP contribution is -2.28. The number of aryl methyl sites for hydroxylation is 2. The van der Waals surface area contributed by atoms with E-state index in [1.807, 2.05) is 18.2 Å². The van der Waals surface area contributed by atoms with Crippen LogP contribution < -0.4 is 4.72 Å². The van der Waals surface area contributed by atoms with Gasteiger partial charge in [0.2, 0.25) is 5.88 Å². The fourth-order valence-corrected chi connectivity index (χ4v) is 3.42. The second-order valence-corrected chi connectivity index (χ2v) is 6.83. The first-order valence-electron chi connectivity index (χ1n) is 7.48. The molecule has 0 unspecified atom stereocenters. The number of hydrogen-bond acceptors (Lipinski definition) is 6. The van der Waals surface area contributed by atoms with Crippen LogP contribution in [0, 0.1) is 6.92 Å². The number of hydrogen-bond donors (Lipinski definition) is 2. The lowest BCUT2D eigenvalue weighted by molar-refractivity contribution is 0.103. The van der Waals surface area contributed by atoms with E-state index in [0.717, 1.165) is 17.8 Å². The molecule has 2 heterocycles. The predicted octanol–water partition coefficient (Wildman–Crippen LogP) is 2.86. The number of carbonyl (C=O) groups excluding carboxylic acids is 1. The summed E-state index contributed by atoms with van der Waals surface area (Å²) in [5.74, 6) is -0.312. The standard InChI is InChI=1S/C16H20N4O2S/c1-9(2)20-8-12-6-5-11(7-13(12)18-23-20)15(21)14-10(3)17-19(4)16(14)22/h5-7,9,18,22H,8H2,1-4H3. The molecule has 2 N–H and O–H groups in total. The molecule has 1 aromatic heterocycles. The van der Waals surface area contributed by atoms with Crippen LogP contribution in [0.3, 0.4) is 0 Å². The third-order valence-electron chi connectivity index (χ3n) is 3.97. The van der Waals surface area contributed by atoms with Crippen molar-refractivity contribution in [2.45, 2.75) is 33.4 Å². The van der Waals surface area contributed by atoms with Gasteiger partial charge in [-0.05, 0) is 32.4 Å². The van der Waals surface area contributed by atoms with Gasteiger partial charge in [0.15, 0.2) is 5.78 Å². The van der Waals surface area contributed by atoms with Gasteiger partial charge in [-0.1, -0.05) is 12.1 Å². The van der Waals surface area contributed by atoms with Crippen LogP contribution in [-0.2, 0) is 13.6 Å². The Balaban J connectivity index is 1.92. The van der Waals surface area contributed by atoms with Gasteiger partial charge in [0.05, 0.1) is 11.4 Å². The van der Waals surface area contributed by atoms with Gasteiger partial charge in [0.1, 0.15) is 5.56 Å². The van der Waals surface area contributed by atoms with E-state index in [-0.39, 0.29) is 17.2 Å². The van der Waals surface area contributed by atoms with Crippen LogP contribution in [0.25, 0.3) is 0 Å². The minimum atomic E-state index is -0.214. The molecular formula is C16H20N4O2S. The highest BCUT2D eigenvalue weighted by molar-refractivity contribution is 7.98. The maximum atomic E-state index is 12.7. The minimum absolute atomic E-state index is 0.0986. The summed E-state index contributed by atoms with van der Waals surface area (Å²) in [7, 11) is 1.62. The van der Waals surface area contributed by atoms with Gasteiger partial charge in [-0.15, -0.1) is 0 Å². The third kappa shape index (κ3) is 2.82. The third-order valence-corrected chi connectivity index (χ3v) is 5.06. The van der Waals surface area contributed by atoms with Crippen LogP contribution >= 0.6 is 12.1 Å². The number of fused-ring (bicyclic) bond motifs is 1. The highest BCUT2D eigenvalue weighted by Gasteiger charge is 2.24. The summed E-state index contributed by atoms with van der Waals surface area (Å²) >= 11 is 1.55. The van der Waals surface area contributed by atoms with Crippen molar-refractivity contribution in [3.63, 3.8) is 0 Å². The number of carbonyl (C=O) groups is 1. The number of ketones is 1. The zero-order chi connectivity index (χ0) is 16.7. The van der Waals surface area contributed by atoms with Gasteiger partial charge in [-0.2, -0.15) is 5.10 Å². The smallest absolute Gasteiger partial charge is 0.220 e. The first-order chi connectivity index (χ1) is 10.9. The van der Waals surface area contributed by atoms with Crippen molar-refractivity contribution in [3.8, 4) is 5.88 Å². The molecule has 0 atom stereocenters. The van der Waals surface area contributed by atoms with E-state index in [1.165, 1.54) is 4.68 Å². The van der Waals surface area contributed by atoms with Crippen molar-refractivity contribution < 1.29 is 9.90 Å². The van der Waals surface area contributed by atoms with Gasteiger partial charge in [-0.3, -0.25) is 4.79 Å². The molecular weight excluding hydrogens is 312 g/mol. The van der Waals surface area contributed by atoms with E-state index in [1.54, 1.807) is 26.1 Å². The van der Waals surface area contributed by atoms with Gasteiger partial charge < -0.3 is 9.83 Å². The lowest BCUT2D eigenvalue weighted by atomic mass is 10.0. The zero-order valence-corrected chi connectivity index (χ0v) is 14.4. The molecule has 0 amide bonds. The molecule has 1 aliphatic rings. The van der Waals surface area contributed by atoms with Gasteiger partial charge in [0.25, 0.3) is 0 Å². The minimum Gasteiger partial charge on any atom is -0.493 e. The number of aromatic hydroxyl groups is 1. The monoisotopic (exact) mass is 332 g/mol. The van der Waals surface area contributed by atoms with Gasteiger partial charge in [0, 0.05) is 37.3 Å². The summed E-state index contributed by atoms with van der Waals surface area (Å²) in [4.78, 5) is 12.7. The average Bonchev–Trinajstić information content (AvgIpc) is 2.78. The number of benzene rings is 1. The topological polar surface area (TPSA) is 70.4 Å². The lowest BCUT2D eigenvalue weighted by Gasteiger charge is -2.31. The van der Waals surface area contributed by atoms with Crippen molar-refractivity contribution in [2.24, 2.45) is 7.05 Å². The average molecular weight is 332 g/mol. The molecule has 0 spiro atoms. The van der Waals surface area contributed by atoms with Crippen molar-refractivity contribution in [1.82, 2.24) is 14.1 Å². The molecule has 0 saturated heterocycles. The summed E-state index contributed by atoms with van der Waals surface area (Å²) in [5.41, 5.74) is 3.43. The summed E-state index contributed by atoms with van der Waals surface area (Å²) in [6.45, 7) is 6.84. The Labute approximate surface area is 139 Å². The quantitative estimate of drug-likeness (QED) is 0.665. The van der Waals surface area contributed by atoms with Crippen LogP contribution in [-0.4, -0.2) is 31.0 Å². The molecule has 0 aliphatic carbocycles. The fraction of sp³-hybridized carbons (Fsp3) is 0.375. The van der Waals surface area contributed by atoms with Gasteiger partial charge in [-0.25, -0.2) is 8.99 Å². The van der Waals surface area contributed by atoms with Crippen LogP contribution in [0.2, 0.25) is 0 Å². The van der Waals surface area contributed by atoms with Crippen LogP contribution in [0.1, 0.15) is 41.0 Å². The van der Waals surface area contributed by atoms with E-state index >= 15 is 0 Å². The Hall–Kier alpha value is -1.99. The van der Waals surface area contributed by atoms with Crippen molar-refractivity contribution in [3.05, 3.63) is 40.6 Å². The summed E-state index contributed by atoms with van der Waals surface area (Å²) in [6.07, 6.45) is 0. The number of nitrogens with zero attached hydrogens (tertiary/aromatic N) is 3. The highest BCUT2D eigenvalue weighted by atomic mass is 32.2. The number of nitrogens with one attached hydrogen (secondary N) is 1. The second kappa shape index (κ2) is 5.90. The Morgan fingerprint density at radius 3 is 2.78 bits per heavy atom. The number of anilines is 1. The number of aromatic nitrogens is 2. The summed E-state index contributed by atoms with van der Waals surface area (Å²) < 4.78 is 6.83. The van der Waals surface area contributed by atoms with E-state index in [2.05, 4.69) is 28.0 Å². The molecule has 3 rings (SSSR count).